The molecule has 25 heavy (non-hydrogen) atoms. The maximum absolute atomic E-state index is 12.3. The van der Waals surface area contributed by atoms with E-state index in [0.29, 0.717) is 5.69 Å². The number of nitrogens with zero attached hydrogens (tertiary/aromatic N) is 2. The molecule has 0 aliphatic carbocycles. The van der Waals surface area contributed by atoms with Crippen LogP contribution in [-0.4, -0.2) is 16.6 Å². The van der Waals surface area contributed by atoms with Crippen molar-refractivity contribution >= 4 is 33.8 Å². The van der Waals surface area contributed by atoms with Crippen LogP contribution in [0.5, 0.6) is 0 Å². The molecule has 0 radical (unpaired) electrons. The Morgan fingerprint density at radius 3 is 2.44 bits per heavy atom. The summed E-state index contributed by atoms with van der Waals surface area (Å²) in [6.07, 6.45) is 0. The second-order valence-electron chi connectivity index (χ2n) is 5.86. The van der Waals surface area contributed by atoms with E-state index in [2.05, 4.69) is 0 Å². The zero-order valence-corrected chi connectivity index (χ0v) is 13.0. The van der Waals surface area contributed by atoms with E-state index in [9.17, 15) is 19.7 Å². The molecule has 1 amide bonds. The first-order valence-electron chi connectivity index (χ1n) is 7.67. The fourth-order valence-electron chi connectivity index (χ4n) is 3.08. The van der Waals surface area contributed by atoms with E-state index in [0.717, 1.165) is 22.4 Å². The number of amides is 1. The third-order valence-corrected chi connectivity index (χ3v) is 4.32. The molecule has 0 N–H and O–H groups in total. The number of Topliss-reactive ketones (excluding diaryl/α,β-unsaturated/α-hetero) is 1. The quantitative estimate of drug-likeness (QED) is 0.418. The summed E-state index contributed by atoms with van der Waals surface area (Å²) in [5.74, 6) is -1.37. The highest BCUT2D eigenvalue weighted by Crippen LogP contribution is 2.33. The average molecular weight is 332 g/mol. The maximum atomic E-state index is 12.3. The highest BCUT2D eigenvalue weighted by molar-refractivity contribution is 6.52. The number of benzene rings is 3. The van der Waals surface area contributed by atoms with Crippen LogP contribution >= 0.6 is 0 Å². The minimum Gasteiger partial charge on any atom is -0.300 e. The molecule has 6 heteroatoms. The summed E-state index contributed by atoms with van der Waals surface area (Å²) >= 11 is 0. The molecule has 0 atom stereocenters. The van der Waals surface area contributed by atoms with Crippen LogP contribution in [-0.2, 0) is 11.3 Å². The van der Waals surface area contributed by atoms with Crippen LogP contribution in [0.15, 0.2) is 60.7 Å². The minimum atomic E-state index is -0.709. The van der Waals surface area contributed by atoms with Gasteiger partial charge in [-0.05, 0) is 28.5 Å². The van der Waals surface area contributed by atoms with Crippen LogP contribution in [0.25, 0.3) is 10.8 Å². The van der Waals surface area contributed by atoms with Crippen molar-refractivity contribution in [2.75, 3.05) is 4.90 Å². The molecule has 4 rings (SSSR count). The molecule has 6 nitrogen and oxygen atoms in total. The Labute approximate surface area is 142 Å². The predicted molar refractivity (Wildman–Crippen MR) is 92.6 cm³/mol. The van der Waals surface area contributed by atoms with Crippen LogP contribution in [0.4, 0.5) is 11.4 Å². The molecule has 0 unspecified atom stereocenters. The van der Waals surface area contributed by atoms with E-state index in [1.807, 2.05) is 42.5 Å². The third kappa shape index (κ3) is 2.44. The summed E-state index contributed by atoms with van der Waals surface area (Å²) in [5, 5.41) is 13.0. The Morgan fingerprint density at radius 2 is 1.68 bits per heavy atom. The third-order valence-electron chi connectivity index (χ3n) is 4.32. The molecular weight excluding hydrogens is 320 g/mol. The fourth-order valence-corrected chi connectivity index (χ4v) is 3.08. The SMILES string of the molecule is O=C1C(=O)N(Cc2ccc3ccccc3c2)c2ccc([N+](=O)[O-])cc21. The number of ketones is 1. The van der Waals surface area contributed by atoms with E-state index in [1.165, 1.54) is 17.0 Å². The van der Waals surface area contributed by atoms with E-state index in [4.69, 9.17) is 0 Å². The van der Waals surface area contributed by atoms with Gasteiger partial charge in [0.1, 0.15) is 0 Å². The van der Waals surface area contributed by atoms with Gasteiger partial charge in [-0.2, -0.15) is 0 Å². The van der Waals surface area contributed by atoms with Gasteiger partial charge in [-0.1, -0.05) is 36.4 Å². The van der Waals surface area contributed by atoms with Crippen LogP contribution in [0, 0.1) is 10.1 Å². The summed E-state index contributed by atoms with van der Waals surface area (Å²) in [7, 11) is 0. The van der Waals surface area contributed by atoms with Gasteiger partial charge in [0.2, 0.25) is 0 Å². The lowest BCUT2D eigenvalue weighted by molar-refractivity contribution is -0.384. The Bertz CT molecular complexity index is 1060. The number of hydrogen-bond donors (Lipinski definition) is 0. The van der Waals surface area contributed by atoms with Crippen molar-refractivity contribution in [2.45, 2.75) is 6.54 Å². The van der Waals surface area contributed by atoms with Gasteiger partial charge in [-0.15, -0.1) is 0 Å². The minimum absolute atomic E-state index is 0.0833. The predicted octanol–water partition coefficient (Wildman–Crippen LogP) is 3.48. The molecule has 3 aromatic rings. The van der Waals surface area contributed by atoms with Crippen molar-refractivity contribution in [1.29, 1.82) is 0 Å². The molecule has 0 spiro atoms. The molecular formula is C19H12N2O4. The van der Waals surface area contributed by atoms with Gasteiger partial charge in [0.05, 0.1) is 22.7 Å². The van der Waals surface area contributed by atoms with Crippen LogP contribution < -0.4 is 4.90 Å². The molecule has 1 aliphatic rings. The standard InChI is InChI=1S/C19H12N2O4/c22-18-16-10-15(21(24)25)7-8-17(16)20(19(18)23)11-12-5-6-13-3-1-2-4-14(13)9-12/h1-10H,11H2. The zero-order chi connectivity index (χ0) is 17.6. The second-order valence-corrected chi connectivity index (χ2v) is 5.86. The fraction of sp³-hybridized carbons (Fsp3) is 0.0526. The van der Waals surface area contributed by atoms with Gasteiger partial charge in [0.25, 0.3) is 17.4 Å². The lowest BCUT2D eigenvalue weighted by Gasteiger charge is -2.16. The van der Waals surface area contributed by atoms with E-state index >= 15 is 0 Å². The number of carbonyl (C=O) groups is 2. The molecule has 122 valence electrons. The van der Waals surface area contributed by atoms with Crippen LogP contribution in [0.2, 0.25) is 0 Å². The molecule has 3 aromatic carbocycles. The number of non-ortho nitro benzene ring substituents is 1. The lowest BCUT2D eigenvalue weighted by atomic mass is 10.1. The highest BCUT2D eigenvalue weighted by atomic mass is 16.6. The first-order valence-corrected chi connectivity index (χ1v) is 7.67. The average Bonchev–Trinajstić information content (AvgIpc) is 2.86. The van der Waals surface area contributed by atoms with Gasteiger partial charge in [-0.25, -0.2) is 0 Å². The van der Waals surface area contributed by atoms with Gasteiger partial charge in [0.15, 0.2) is 0 Å². The van der Waals surface area contributed by atoms with Crippen LogP contribution in [0.1, 0.15) is 15.9 Å². The number of nitro groups is 1. The number of hydrogen-bond acceptors (Lipinski definition) is 4. The van der Waals surface area contributed by atoms with E-state index in [-0.39, 0.29) is 17.8 Å². The van der Waals surface area contributed by atoms with Crippen molar-refractivity contribution in [3.8, 4) is 0 Å². The molecule has 0 saturated heterocycles. The molecule has 1 heterocycles. The summed E-state index contributed by atoms with van der Waals surface area (Å²) in [6, 6.07) is 17.6. The lowest BCUT2D eigenvalue weighted by Crippen LogP contribution is -2.29. The summed E-state index contributed by atoms with van der Waals surface area (Å²) in [4.78, 5) is 36.2. The monoisotopic (exact) mass is 332 g/mol. The Hall–Kier alpha value is -3.54. The van der Waals surface area contributed by atoms with Crippen molar-refractivity contribution in [3.05, 3.63) is 81.9 Å². The van der Waals surface area contributed by atoms with Crippen LogP contribution in [0.3, 0.4) is 0 Å². The topological polar surface area (TPSA) is 80.5 Å². The van der Waals surface area contributed by atoms with Crippen molar-refractivity contribution in [2.24, 2.45) is 0 Å². The molecule has 1 aliphatic heterocycles. The Kier molecular flexibility index (Phi) is 3.32. The van der Waals surface area contributed by atoms with E-state index in [1.54, 1.807) is 0 Å². The maximum Gasteiger partial charge on any atom is 0.299 e. The number of nitro benzene ring substituents is 1. The number of fused-ring (bicyclic) bond motifs is 2. The Morgan fingerprint density at radius 1 is 0.920 bits per heavy atom. The van der Waals surface area contributed by atoms with Crippen molar-refractivity contribution in [3.63, 3.8) is 0 Å². The van der Waals surface area contributed by atoms with Crippen molar-refractivity contribution in [1.82, 2.24) is 0 Å². The number of rotatable bonds is 3. The van der Waals surface area contributed by atoms with Gasteiger partial charge < -0.3 is 4.90 Å². The van der Waals surface area contributed by atoms with Gasteiger partial charge >= 0.3 is 0 Å². The second kappa shape index (κ2) is 5.52. The van der Waals surface area contributed by atoms with Gasteiger partial charge in [-0.3, -0.25) is 19.7 Å². The Balaban J connectivity index is 1.72. The molecule has 0 bridgehead atoms. The molecule has 0 aromatic heterocycles. The number of carbonyl (C=O) groups excluding carboxylic acids is 2. The summed E-state index contributed by atoms with van der Waals surface area (Å²) in [6.45, 7) is 0.236. The summed E-state index contributed by atoms with van der Waals surface area (Å²) < 4.78 is 0. The van der Waals surface area contributed by atoms with E-state index < -0.39 is 16.6 Å². The normalized spacial score (nSPS) is 13.4. The molecule has 0 saturated carbocycles. The van der Waals surface area contributed by atoms with Gasteiger partial charge in [0, 0.05) is 12.1 Å². The first kappa shape index (κ1) is 15.0. The smallest absolute Gasteiger partial charge is 0.299 e. The number of anilines is 1. The zero-order valence-electron chi connectivity index (χ0n) is 13.0. The first-order chi connectivity index (χ1) is 12.0. The largest absolute Gasteiger partial charge is 0.300 e. The highest BCUT2D eigenvalue weighted by Gasteiger charge is 2.36. The molecule has 0 fully saturated rings. The summed E-state index contributed by atoms with van der Waals surface area (Å²) in [5.41, 5.74) is 1.17. The van der Waals surface area contributed by atoms with Crippen molar-refractivity contribution < 1.29 is 14.5 Å².